The number of nitrogens with zero attached hydrogens (tertiary/aromatic N) is 2. The molecule has 0 aliphatic heterocycles. The summed E-state index contributed by atoms with van der Waals surface area (Å²) in [5, 5.41) is 10.5. The number of aryl methyl sites for hydroxylation is 1. The number of H-pyrrole nitrogens is 1. The van der Waals surface area contributed by atoms with Gasteiger partial charge in [0, 0.05) is 48.8 Å². The molecule has 0 aliphatic carbocycles. The number of methoxy groups -OCH3 is 1. The third kappa shape index (κ3) is 4.12. The second-order valence-electron chi connectivity index (χ2n) is 8.24. The lowest BCUT2D eigenvalue weighted by atomic mass is 10.1. The lowest BCUT2D eigenvalue weighted by Gasteiger charge is -2.09. The Balaban J connectivity index is 1.93. The molecule has 2 N–H and O–H groups in total. The van der Waals surface area contributed by atoms with E-state index in [1.807, 2.05) is 30.3 Å². The standard InChI is InChI=1S/C26H29N3O4/c1-15-14-20(30)24(31)25(33-15)23-22(19-10-7-6-8-11-19)27-26(28-23)21-16(2)17(3)29(18(21)4)12-9-13-32-5/h6-8,10-11,14,31H,9,12-13H2,1-5H3,(H,27,28). The summed E-state index contributed by atoms with van der Waals surface area (Å²) in [7, 11) is 1.71. The van der Waals surface area contributed by atoms with Crippen molar-refractivity contribution in [2.24, 2.45) is 0 Å². The van der Waals surface area contributed by atoms with Crippen molar-refractivity contribution in [3.8, 4) is 39.8 Å². The molecule has 7 heteroatoms. The van der Waals surface area contributed by atoms with Gasteiger partial charge in [-0.1, -0.05) is 30.3 Å². The first-order valence-electron chi connectivity index (χ1n) is 11.0. The van der Waals surface area contributed by atoms with E-state index in [1.165, 1.54) is 11.8 Å². The Hall–Kier alpha value is -3.58. The van der Waals surface area contributed by atoms with Crippen LogP contribution in [0, 0.1) is 27.7 Å². The molecule has 4 rings (SSSR count). The van der Waals surface area contributed by atoms with Gasteiger partial charge in [-0.2, -0.15) is 0 Å². The molecule has 3 aromatic heterocycles. The fourth-order valence-corrected chi connectivity index (χ4v) is 4.33. The Kier molecular flexibility index (Phi) is 6.24. The number of benzene rings is 1. The molecule has 7 nitrogen and oxygen atoms in total. The number of aromatic hydroxyl groups is 1. The van der Waals surface area contributed by atoms with Crippen molar-refractivity contribution in [1.29, 1.82) is 0 Å². The zero-order valence-electron chi connectivity index (χ0n) is 19.7. The number of hydrogen-bond acceptors (Lipinski definition) is 5. The van der Waals surface area contributed by atoms with Crippen LogP contribution in [-0.2, 0) is 11.3 Å². The monoisotopic (exact) mass is 447 g/mol. The first kappa shape index (κ1) is 22.6. The maximum absolute atomic E-state index is 12.3. The molecule has 0 atom stereocenters. The molecule has 0 saturated carbocycles. The largest absolute Gasteiger partial charge is 0.501 e. The topological polar surface area (TPSA) is 93.3 Å². The van der Waals surface area contributed by atoms with Gasteiger partial charge in [0.15, 0.2) is 5.76 Å². The van der Waals surface area contributed by atoms with Crippen LogP contribution in [0.1, 0.15) is 29.1 Å². The van der Waals surface area contributed by atoms with Crippen LogP contribution in [0.15, 0.2) is 45.6 Å². The summed E-state index contributed by atoms with van der Waals surface area (Å²) in [6, 6.07) is 10.9. The summed E-state index contributed by atoms with van der Waals surface area (Å²) in [6.45, 7) is 9.49. The highest BCUT2D eigenvalue weighted by atomic mass is 16.5. The smallest absolute Gasteiger partial charge is 0.227 e. The lowest BCUT2D eigenvalue weighted by Crippen LogP contribution is -2.05. The summed E-state index contributed by atoms with van der Waals surface area (Å²) in [4.78, 5) is 20.6. The molecule has 172 valence electrons. The minimum Gasteiger partial charge on any atom is -0.501 e. The number of hydrogen-bond donors (Lipinski definition) is 2. The van der Waals surface area contributed by atoms with E-state index in [9.17, 15) is 9.90 Å². The average molecular weight is 448 g/mol. The maximum atomic E-state index is 12.3. The number of aromatic nitrogens is 3. The third-order valence-electron chi connectivity index (χ3n) is 6.08. The average Bonchev–Trinajstić information content (AvgIpc) is 3.31. The summed E-state index contributed by atoms with van der Waals surface area (Å²) in [5.74, 6) is 0.727. The molecule has 0 aliphatic rings. The molecular formula is C26H29N3O4. The summed E-state index contributed by atoms with van der Waals surface area (Å²) in [5.41, 5.74) is 5.83. The maximum Gasteiger partial charge on any atom is 0.227 e. The number of imidazole rings is 1. The minimum atomic E-state index is -0.489. The fraction of sp³-hybridized carbons (Fsp3) is 0.308. The zero-order chi connectivity index (χ0) is 23.7. The van der Waals surface area contributed by atoms with Gasteiger partial charge in [-0.25, -0.2) is 4.98 Å². The van der Waals surface area contributed by atoms with Gasteiger partial charge in [0.2, 0.25) is 11.2 Å². The highest BCUT2D eigenvalue weighted by Gasteiger charge is 2.25. The van der Waals surface area contributed by atoms with Gasteiger partial charge in [-0.15, -0.1) is 0 Å². The van der Waals surface area contributed by atoms with Crippen molar-refractivity contribution in [3.05, 3.63) is 69.3 Å². The highest BCUT2D eigenvalue weighted by Crippen LogP contribution is 2.38. The van der Waals surface area contributed by atoms with E-state index in [-0.39, 0.29) is 5.76 Å². The predicted molar refractivity (Wildman–Crippen MR) is 129 cm³/mol. The van der Waals surface area contributed by atoms with Gasteiger partial charge in [-0.05, 0) is 39.7 Å². The van der Waals surface area contributed by atoms with Gasteiger partial charge in [0.25, 0.3) is 0 Å². The molecule has 0 saturated heterocycles. The van der Waals surface area contributed by atoms with Crippen molar-refractivity contribution < 1.29 is 14.3 Å². The van der Waals surface area contributed by atoms with Crippen LogP contribution < -0.4 is 5.43 Å². The number of rotatable bonds is 7. The Morgan fingerprint density at radius 3 is 2.55 bits per heavy atom. The van der Waals surface area contributed by atoms with E-state index in [0.717, 1.165) is 35.3 Å². The second-order valence-corrected chi connectivity index (χ2v) is 8.24. The second kappa shape index (κ2) is 9.11. The van der Waals surface area contributed by atoms with Crippen LogP contribution in [-0.4, -0.2) is 33.4 Å². The van der Waals surface area contributed by atoms with Crippen molar-refractivity contribution in [2.75, 3.05) is 13.7 Å². The first-order chi connectivity index (χ1) is 15.8. The van der Waals surface area contributed by atoms with Crippen LogP contribution >= 0.6 is 0 Å². The number of nitrogens with one attached hydrogen (secondary N) is 1. The molecule has 4 aromatic rings. The quantitative estimate of drug-likeness (QED) is 0.383. The van der Waals surface area contributed by atoms with E-state index in [1.54, 1.807) is 14.0 Å². The molecule has 3 heterocycles. The highest BCUT2D eigenvalue weighted by molar-refractivity contribution is 5.82. The van der Waals surface area contributed by atoms with E-state index < -0.39 is 11.2 Å². The fourth-order valence-electron chi connectivity index (χ4n) is 4.33. The van der Waals surface area contributed by atoms with Crippen molar-refractivity contribution in [1.82, 2.24) is 14.5 Å². The Morgan fingerprint density at radius 1 is 1.12 bits per heavy atom. The Morgan fingerprint density at radius 2 is 1.85 bits per heavy atom. The number of ether oxygens (including phenoxy) is 1. The van der Waals surface area contributed by atoms with Gasteiger partial charge in [0.1, 0.15) is 23.0 Å². The summed E-state index contributed by atoms with van der Waals surface area (Å²) in [6.07, 6.45) is 0.909. The van der Waals surface area contributed by atoms with Gasteiger partial charge < -0.3 is 23.8 Å². The molecule has 0 amide bonds. The molecule has 0 spiro atoms. The van der Waals surface area contributed by atoms with E-state index in [0.29, 0.717) is 29.6 Å². The molecule has 0 radical (unpaired) electrons. The van der Waals surface area contributed by atoms with Crippen LogP contribution in [0.4, 0.5) is 0 Å². The zero-order valence-corrected chi connectivity index (χ0v) is 19.7. The molecule has 0 fully saturated rings. The Labute approximate surface area is 192 Å². The normalized spacial score (nSPS) is 11.3. The SMILES string of the molecule is COCCCn1c(C)c(C)c(-c2nc(-c3ccccc3)c(-c3oc(C)cc(=O)c3O)[nH]2)c1C. The predicted octanol–water partition coefficient (Wildman–Crippen LogP) is 5.14. The summed E-state index contributed by atoms with van der Waals surface area (Å²) < 4.78 is 13.3. The molecule has 1 aromatic carbocycles. The van der Waals surface area contributed by atoms with E-state index in [2.05, 4.69) is 30.3 Å². The number of aromatic amines is 1. The van der Waals surface area contributed by atoms with Crippen LogP contribution in [0.5, 0.6) is 5.75 Å². The third-order valence-corrected chi connectivity index (χ3v) is 6.08. The lowest BCUT2D eigenvalue weighted by molar-refractivity contribution is 0.190. The van der Waals surface area contributed by atoms with Gasteiger partial charge in [-0.3, -0.25) is 4.79 Å². The molecule has 33 heavy (non-hydrogen) atoms. The first-order valence-corrected chi connectivity index (χ1v) is 11.0. The van der Waals surface area contributed by atoms with Crippen molar-refractivity contribution in [3.63, 3.8) is 0 Å². The summed E-state index contributed by atoms with van der Waals surface area (Å²) >= 11 is 0. The van der Waals surface area contributed by atoms with Gasteiger partial charge >= 0.3 is 0 Å². The van der Waals surface area contributed by atoms with E-state index in [4.69, 9.17) is 14.1 Å². The molecule has 0 unspecified atom stereocenters. The Bertz CT molecular complexity index is 1350. The van der Waals surface area contributed by atoms with Crippen LogP contribution in [0.2, 0.25) is 0 Å². The van der Waals surface area contributed by atoms with Gasteiger partial charge in [0.05, 0.1) is 0 Å². The van der Waals surface area contributed by atoms with E-state index >= 15 is 0 Å². The van der Waals surface area contributed by atoms with Crippen molar-refractivity contribution >= 4 is 0 Å². The minimum absolute atomic E-state index is 0.0872. The molecule has 0 bridgehead atoms. The van der Waals surface area contributed by atoms with Crippen molar-refractivity contribution in [2.45, 2.75) is 40.7 Å². The van der Waals surface area contributed by atoms with Crippen LogP contribution in [0.3, 0.4) is 0 Å². The molecular weight excluding hydrogens is 418 g/mol. The van der Waals surface area contributed by atoms with Crippen LogP contribution in [0.25, 0.3) is 34.1 Å².